The maximum atomic E-state index is 11.7. The van der Waals surface area contributed by atoms with Gasteiger partial charge in [-0.25, -0.2) is 0 Å². The summed E-state index contributed by atoms with van der Waals surface area (Å²) in [6.45, 7) is 1.96. The number of aromatic hydroxyl groups is 1. The van der Waals surface area contributed by atoms with Crippen LogP contribution in [0, 0.1) is 6.92 Å². The standard InChI is InChI=1S/C17H18O3/c1-12-8-9-16(18)15(10-12)14(11-17(19)20-2)13-6-4-3-5-7-13/h3-10,14,18H,11H2,1-2H3. The van der Waals surface area contributed by atoms with Gasteiger partial charge in [-0.05, 0) is 18.6 Å². The number of esters is 1. The zero-order valence-electron chi connectivity index (χ0n) is 11.7. The van der Waals surface area contributed by atoms with Gasteiger partial charge in [-0.15, -0.1) is 0 Å². The summed E-state index contributed by atoms with van der Waals surface area (Å²) in [6, 6.07) is 15.1. The van der Waals surface area contributed by atoms with Gasteiger partial charge in [-0.2, -0.15) is 0 Å². The number of ether oxygens (including phenoxy) is 1. The molecule has 2 rings (SSSR count). The molecule has 0 radical (unpaired) electrons. The lowest BCUT2D eigenvalue weighted by atomic mass is 9.87. The largest absolute Gasteiger partial charge is 0.508 e. The molecule has 1 unspecified atom stereocenters. The van der Waals surface area contributed by atoms with E-state index in [0.29, 0.717) is 0 Å². The van der Waals surface area contributed by atoms with Crippen LogP contribution in [0.25, 0.3) is 0 Å². The van der Waals surface area contributed by atoms with Crippen molar-refractivity contribution < 1.29 is 14.6 Å². The number of rotatable bonds is 4. The van der Waals surface area contributed by atoms with Gasteiger partial charge in [0.2, 0.25) is 0 Å². The van der Waals surface area contributed by atoms with E-state index in [-0.39, 0.29) is 24.1 Å². The Hall–Kier alpha value is -2.29. The first-order valence-electron chi connectivity index (χ1n) is 6.53. The molecule has 0 amide bonds. The molecule has 3 nitrogen and oxygen atoms in total. The maximum Gasteiger partial charge on any atom is 0.306 e. The molecule has 0 aliphatic rings. The number of phenolic OH excluding ortho intramolecular Hbond substituents is 1. The molecule has 2 aromatic carbocycles. The van der Waals surface area contributed by atoms with Gasteiger partial charge >= 0.3 is 5.97 Å². The quantitative estimate of drug-likeness (QED) is 0.866. The van der Waals surface area contributed by atoms with E-state index in [9.17, 15) is 9.90 Å². The fraction of sp³-hybridized carbons (Fsp3) is 0.235. The average Bonchev–Trinajstić information content (AvgIpc) is 2.48. The summed E-state index contributed by atoms with van der Waals surface area (Å²) in [5, 5.41) is 10.1. The highest BCUT2D eigenvalue weighted by Crippen LogP contribution is 2.34. The number of hydrogen-bond acceptors (Lipinski definition) is 3. The summed E-state index contributed by atoms with van der Waals surface area (Å²) >= 11 is 0. The summed E-state index contributed by atoms with van der Waals surface area (Å²) in [7, 11) is 1.38. The van der Waals surface area contributed by atoms with Crippen LogP contribution in [0.5, 0.6) is 5.75 Å². The predicted molar refractivity (Wildman–Crippen MR) is 77.8 cm³/mol. The fourth-order valence-electron chi connectivity index (χ4n) is 2.30. The summed E-state index contributed by atoms with van der Waals surface area (Å²) in [5.74, 6) is -0.295. The Balaban J connectivity index is 2.46. The first kappa shape index (κ1) is 14.1. The molecule has 0 spiro atoms. The molecule has 0 aliphatic carbocycles. The highest BCUT2D eigenvalue weighted by atomic mass is 16.5. The number of phenols is 1. The van der Waals surface area contributed by atoms with Crippen molar-refractivity contribution in [2.75, 3.05) is 7.11 Å². The number of aryl methyl sites for hydroxylation is 1. The first-order valence-corrected chi connectivity index (χ1v) is 6.53. The molecule has 104 valence electrons. The van der Waals surface area contributed by atoms with Gasteiger partial charge in [0, 0.05) is 11.5 Å². The van der Waals surface area contributed by atoms with Crippen LogP contribution in [0.1, 0.15) is 29.0 Å². The van der Waals surface area contributed by atoms with E-state index in [0.717, 1.165) is 16.7 Å². The maximum absolute atomic E-state index is 11.7. The van der Waals surface area contributed by atoms with Gasteiger partial charge in [0.25, 0.3) is 0 Å². The summed E-state index contributed by atoms with van der Waals surface area (Å²) in [6.07, 6.45) is 0.206. The van der Waals surface area contributed by atoms with Crippen LogP contribution in [-0.4, -0.2) is 18.2 Å². The second-order valence-corrected chi connectivity index (χ2v) is 4.81. The molecule has 1 N–H and O–H groups in total. The highest BCUT2D eigenvalue weighted by Gasteiger charge is 2.21. The third-order valence-electron chi connectivity index (χ3n) is 3.36. The monoisotopic (exact) mass is 270 g/mol. The molecule has 20 heavy (non-hydrogen) atoms. The lowest BCUT2D eigenvalue weighted by molar-refractivity contribution is -0.140. The number of carbonyl (C=O) groups is 1. The molecule has 0 saturated carbocycles. The molecule has 0 fully saturated rings. The SMILES string of the molecule is COC(=O)CC(c1ccccc1)c1cc(C)ccc1O. The Labute approximate surface area is 118 Å². The number of hydrogen-bond donors (Lipinski definition) is 1. The minimum atomic E-state index is -0.292. The van der Waals surface area contributed by atoms with Crippen molar-refractivity contribution >= 4 is 5.97 Å². The minimum Gasteiger partial charge on any atom is -0.508 e. The van der Waals surface area contributed by atoms with Crippen LogP contribution < -0.4 is 0 Å². The topological polar surface area (TPSA) is 46.5 Å². The van der Waals surface area contributed by atoms with Gasteiger partial charge in [0.05, 0.1) is 13.5 Å². The number of methoxy groups -OCH3 is 1. The van der Waals surface area contributed by atoms with Crippen LogP contribution >= 0.6 is 0 Å². The number of benzene rings is 2. The predicted octanol–water partition coefficient (Wildman–Crippen LogP) is 3.40. The van der Waals surface area contributed by atoms with Gasteiger partial charge < -0.3 is 9.84 Å². The van der Waals surface area contributed by atoms with E-state index in [1.165, 1.54) is 7.11 Å². The smallest absolute Gasteiger partial charge is 0.306 e. The summed E-state index contributed by atoms with van der Waals surface area (Å²) < 4.78 is 4.77. The zero-order chi connectivity index (χ0) is 14.5. The van der Waals surface area contributed by atoms with E-state index in [1.807, 2.05) is 49.4 Å². The van der Waals surface area contributed by atoms with E-state index in [2.05, 4.69) is 0 Å². The second kappa shape index (κ2) is 6.24. The van der Waals surface area contributed by atoms with E-state index < -0.39 is 0 Å². The second-order valence-electron chi connectivity index (χ2n) is 4.81. The lowest BCUT2D eigenvalue weighted by Gasteiger charge is -2.18. The molecule has 0 saturated heterocycles. The van der Waals surface area contributed by atoms with Crippen molar-refractivity contribution in [3.63, 3.8) is 0 Å². The Kier molecular flexibility index (Phi) is 4.41. The van der Waals surface area contributed by atoms with E-state index in [4.69, 9.17) is 4.74 Å². The van der Waals surface area contributed by atoms with Crippen molar-refractivity contribution in [3.8, 4) is 5.75 Å². The Morgan fingerprint density at radius 1 is 1.20 bits per heavy atom. The van der Waals surface area contributed by atoms with Crippen molar-refractivity contribution in [1.82, 2.24) is 0 Å². The van der Waals surface area contributed by atoms with E-state index in [1.54, 1.807) is 6.07 Å². The molecular formula is C17H18O3. The van der Waals surface area contributed by atoms with Crippen LogP contribution in [-0.2, 0) is 9.53 Å². The van der Waals surface area contributed by atoms with Gasteiger partial charge in [0.1, 0.15) is 5.75 Å². The van der Waals surface area contributed by atoms with Gasteiger partial charge in [-0.1, -0.05) is 48.0 Å². The third kappa shape index (κ3) is 3.18. The van der Waals surface area contributed by atoms with E-state index >= 15 is 0 Å². The van der Waals surface area contributed by atoms with Crippen LogP contribution in [0.3, 0.4) is 0 Å². The molecule has 0 heterocycles. The molecule has 3 heteroatoms. The minimum absolute atomic E-state index is 0.202. The summed E-state index contributed by atoms with van der Waals surface area (Å²) in [5.41, 5.74) is 2.78. The fourth-order valence-corrected chi connectivity index (χ4v) is 2.30. The molecule has 2 aromatic rings. The lowest BCUT2D eigenvalue weighted by Crippen LogP contribution is -2.10. The Bertz CT molecular complexity index is 590. The van der Waals surface area contributed by atoms with Gasteiger partial charge in [0.15, 0.2) is 0 Å². The third-order valence-corrected chi connectivity index (χ3v) is 3.36. The first-order chi connectivity index (χ1) is 9.61. The molecule has 0 aromatic heterocycles. The van der Waals surface area contributed by atoms with Crippen molar-refractivity contribution in [2.24, 2.45) is 0 Å². The van der Waals surface area contributed by atoms with Crippen molar-refractivity contribution in [3.05, 3.63) is 65.2 Å². The van der Waals surface area contributed by atoms with Crippen molar-refractivity contribution in [2.45, 2.75) is 19.3 Å². The Morgan fingerprint density at radius 2 is 1.90 bits per heavy atom. The van der Waals surface area contributed by atoms with Crippen LogP contribution in [0.2, 0.25) is 0 Å². The molecule has 0 aliphatic heterocycles. The van der Waals surface area contributed by atoms with Gasteiger partial charge in [-0.3, -0.25) is 4.79 Å². The van der Waals surface area contributed by atoms with Crippen LogP contribution in [0.4, 0.5) is 0 Å². The van der Waals surface area contributed by atoms with Crippen molar-refractivity contribution in [1.29, 1.82) is 0 Å². The normalized spacial score (nSPS) is 11.9. The van der Waals surface area contributed by atoms with Crippen LogP contribution in [0.15, 0.2) is 48.5 Å². The average molecular weight is 270 g/mol. The molecule has 1 atom stereocenters. The highest BCUT2D eigenvalue weighted by molar-refractivity contribution is 5.71. The number of carbonyl (C=O) groups excluding carboxylic acids is 1. The molecule has 0 bridgehead atoms. The molecular weight excluding hydrogens is 252 g/mol. The Morgan fingerprint density at radius 3 is 2.55 bits per heavy atom. The summed E-state index contributed by atoms with van der Waals surface area (Å²) in [4.78, 5) is 11.7. The zero-order valence-corrected chi connectivity index (χ0v) is 11.7.